The number of cyclic esters (lactones) is 1. The average molecular weight is 809 g/mol. The van der Waals surface area contributed by atoms with Crippen LogP contribution < -0.4 is 0 Å². The molecule has 17 heteroatoms. The van der Waals surface area contributed by atoms with E-state index in [0.717, 1.165) is 4.59 Å². The number of ether oxygens (including phenoxy) is 5. The molecule has 4 rings (SSSR count). The van der Waals surface area contributed by atoms with E-state index < -0.39 is 113 Å². The van der Waals surface area contributed by atoms with Crippen molar-refractivity contribution in [3.63, 3.8) is 0 Å². The van der Waals surface area contributed by atoms with E-state index in [-0.39, 0.29) is 25.4 Å². The fourth-order valence-electron chi connectivity index (χ4n) is 9.77. The highest BCUT2D eigenvalue weighted by Gasteiger charge is 2.55. The number of hydrogen-bond acceptors (Lipinski definition) is 15. The Hall–Kier alpha value is -2.06. The number of nitrogens with zero attached hydrogens (tertiary/aromatic N) is 4. The summed E-state index contributed by atoms with van der Waals surface area (Å²) in [6.07, 6.45) is -6.46. The van der Waals surface area contributed by atoms with E-state index in [0.29, 0.717) is 25.1 Å². The lowest BCUT2D eigenvalue weighted by Crippen LogP contribution is -2.62. The number of aliphatic hydroxyl groups excluding tert-OH is 3. The van der Waals surface area contributed by atoms with E-state index in [1.807, 2.05) is 25.8 Å². The molecule has 1 unspecified atom stereocenters. The summed E-state index contributed by atoms with van der Waals surface area (Å²) in [7, 11) is 9.06. The van der Waals surface area contributed by atoms with Gasteiger partial charge in [-0.1, -0.05) is 39.8 Å². The number of aromatic nitrogens is 3. The number of likely N-dealkylation sites (N-methyl/N-ethyl adjacent to an activating group) is 1. The van der Waals surface area contributed by atoms with E-state index >= 15 is 0 Å². The first-order valence-electron chi connectivity index (χ1n) is 20.5. The van der Waals surface area contributed by atoms with E-state index in [9.17, 15) is 35.1 Å². The highest BCUT2D eigenvalue weighted by molar-refractivity contribution is 6.05. The van der Waals surface area contributed by atoms with Crippen molar-refractivity contribution in [3.8, 4) is 0 Å². The molecule has 0 aromatic carbocycles. The van der Waals surface area contributed by atoms with Gasteiger partial charge in [0.1, 0.15) is 29.7 Å². The van der Waals surface area contributed by atoms with Crippen molar-refractivity contribution < 1.29 is 58.8 Å². The Morgan fingerprint density at radius 3 is 2.23 bits per heavy atom. The number of aliphatic hydroxyl groups is 5. The molecule has 324 valence electrons. The first kappa shape index (κ1) is 47.6. The molecule has 3 fully saturated rings. The van der Waals surface area contributed by atoms with Gasteiger partial charge in [0.05, 0.1) is 53.3 Å². The number of ketones is 1. The van der Waals surface area contributed by atoms with Gasteiger partial charge in [-0.15, -0.1) is 5.10 Å². The van der Waals surface area contributed by atoms with Crippen molar-refractivity contribution in [1.82, 2.24) is 19.8 Å². The van der Waals surface area contributed by atoms with Gasteiger partial charge in [-0.25, -0.2) is 0 Å². The number of hydrogen-bond donors (Lipinski definition) is 5. The van der Waals surface area contributed by atoms with Crippen LogP contribution in [-0.2, 0) is 39.7 Å². The minimum absolute atomic E-state index is 0.136. The number of carbonyl (C=O) groups is 2. The van der Waals surface area contributed by atoms with E-state index in [1.54, 1.807) is 47.7 Å². The maximum atomic E-state index is 14.3. The van der Waals surface area contributed by atoms with Gasteiger partial charge in [-0.05, 0) is 66.8 Å². The lowest BCUT2D eigenvalue weighted by molar-refractivity contribution is -0.302. The van der Waals surface area contributed by atoms with Crippen molar-refractivity contribution >= 4 is 19.7 Å². The summed E-state index contributed by atoms with van der Waals surface area (Å²) in [6, 6.07) is -0.428. The molecule has 3 aliphatic heterocycles. The van der Waals surface area contributed by atoms with Crippen LogP contribution in [0.2, 0.25) is 0 Å². The van der Waals surface area contributed by atoms with Crippen LogP contribution in [0.15, 0.2) is 6.20 Å². The monoisotopic (exact) mass is 809 g/mol. The molecular formula is C40H69BN4O12. The smallest absolute Gasteiger partial charge is 0.309 e. The van der Waals surface area contributed by atoms with Crippen molar-refractivity contribution in [1.29, 1.82) is 0 Å². The molecule has 18 atom stereocenters. The molecule has 5 N–H and O–H groups in total. The largest absolute Gasteiger partial charge is 0.459 e. The summed E-state index contributed by atoms with van der Waals surface area (Å²) >= 11 is 0. The Morgan fingerprint density at radius 1 is 1.00 bits per heavy atom. The topological polar surface area (TPSA) is 215 Å². The van der Waals surface area contributed by atoms with Gasteiger partial charge in [0.2, 0.25) is 0 Å². The third-order valence-corrected chi connectivity index (χ3v) is 13.4. The second kappa shape index (κ2) is 18.7. The highest BCUT2D eigenvalue weighted by atomic mass is 16.7. The van der Waals surface area contributed by atoms with Crippen LogP contribution in [0.25, 0.3) is 0 Å². The number of Topliss-reactive ketones (excluding diaryl/α,β-unsaturated/α-hetero) is 1. The molecule has 3 saturated heterocycles. The first-order valence-corrected chi connectivity index (χ1v) is 20.5. The second-order valence-electron chi connectivity index (χ2n) is 18.0. The Balaban J connectivity index is 1.80. The molecule has 0 saturated carbocycles. The minimum Gasteiger partial charge on any atom is -0.459 e. The zero-order valence-corrected chi connectivity index (χ0v) is 35.9. The summed E-state index contributed by atoms with van der Waals surface area (Å²) in [6.45, 7) is 17.2. The predicted octanol–water partition coefficient (Wildman–Crippen LogP) is 1.20. The molecule has 1 aromatic heterocycles. The van der Waals surface area contributed by atoms with Gasteiger partial charge in [0, 0.05) is 56.5 Å². The molecule has 3 aliphatic rings. The van der Waals surface area contributed by atoms with E-state index in [2.05, 4.69) is 10.3 Å². The fourth-order valence-corrected chi connectivity index (χ4v) is 9.77. The molecule has 0 spiro atoms. The van der Waals surface area contributed by atoms with Crippen molar-refractivity contribution in [2.24, 2.45) is 29.6 Å². The normalized spacial score (nSPS) is 45.8. The Bertz CT molecular complexity index is 1500. The Morgan fingerprint density at radius 2 is 1.65 bits per heavy atom. The maximum Gasteiger partial charge on any atom is 0.309 e. The minimum atomic E-state index is -2.00. The lowest BCUT2D eigenvalue weighted by atomic mass is 9.67. The van der Waals surface area contributed by atoms with Gasteiger partial charge in [0.25, 0.3) is 7.98 Å². The van der Waals surface area contributed by atoms with E-state index in [1.165, 1.54) is 21.0 Å². The van der Waals surface area contributed by atoms with Crippen molar-refractivity contribution in [3.05, 3.63) is 11.9 Å². The maximum absolute atomic E-state index is 14.3. The Kier molecular flexibility index (Phi) is 15.6. The molecule has 1 aromatic rings. The first-order chi connectivity index (χ1) is 26.4. The Labute approximate surface area is 339 Å². The van der Waals surface area contributed by atoms with Crippen LogP contribution in [-0.4, -0.2) is 164 Å². The summed E-state index contributed by atoms with van der Waals surface area (Å²) in [5.74, 6) is -5.54. The summed E-state index contributed by atoms with van der Waals surface area (Å²) in [5.41, 5.74) is -4.19. The van der Waals surface area contributed by atoms with Crippen LogP contribution in [0, 0.1) is 29.6 Å². The van der Waals surface area contributed by atoms with Crippen molar-refractivity contribution in [2.45, 2.75) is 179 Å². The molecule has 0 aliphatic carbocycles. The van der Waals surface area contributed by atoms with Gasteiger partial charge in [-0.3, -0.25) is 9.59 Å². The molecule has 4 heterocycles. The van der Waals surface area contributed by atoms with Gasteiger partial charge < -0.3 is 58.7 Å². The summed E-state index contributed by atoms with van der Waals surface area (Å²) in [5, 5.41) is 66.7. The zero-order chi connectivity index (χ0) is 42.9. The number of carbonyl (C=O) groups excluding carboxylic acids is 2. The number of methoxy groups -OCH3 is 1. The SMILES string of the molecule is [B]n1cc(CCN(C)[C@H]2C[C@@H](C)O[C@@H](O[C@@H]3[C@@H](C)C([C@H]4C[C@@](C)(OC)[C@@H](O)[C@H](C)O4)[C@@H](C)C(=O)O[C@H](CC)[C@@](C)(O)[C@H](O)[C@@H](C)C(=O)[C@H](C)C[C@@]3(C)O)[C@@H]2O)nn1. The fraction of sp³-hybridized carbons (Fsp3) is 0.900. The third kappa shape index (κ3) is 10.3. The van der Waals surface area contributed by atoms with Gasteiger partial charge in [0.15, 0.2) is 6.29 Å². The standard InChI is InChI=1S/C40H69BN4O12/c1-13-29-40(10,52)33(48)24(6)31(46)20(2)17-38(8,51)35(22(4)30(23(5)36(50)56-29)28-18-39(9,53-12)34(49)25(7)55-28)57-37-32(47)27(16-21(3)54-37)44(11)15-14-26-19-45(41)43-42-26/h19-25,27-30,32-35,37,47-49,51-52H,13-18H2,1-12H3/t20-,21-,22+,23-,24+,25+,27+,28-,29-,30?,32-,33-,34+,35-,37+,38-,39-,40-/m1/s1. The molecule has 2 radical (unpaired) electrons. The zero-order valence-electron chi connectivity index (χ0n) is 35.9. The predicted molar refractivity (Wildman–Crippen MR) is 209 cm³/mol. The van der Waals surface area contributed by atoms with Crippen LogP contribution in [0.3, 0.4) is 0 Å². The average Bonchev–Trinajstić information content (AvgIpc) is 3.57. The van der Waals surface area contributed by atoms with Crippen LogP contribution in [0.4, 0.5) is 0 Å². The highest BCUT2D eigenvalue weighted by Crippen LogP contribution is 2.45. The van der Waals surface area contributed by atoms with Gasteiger partial charge >= 0.3 is 5.97 Å². The molecular weight excluding hydrogens is 739 g/mol. The quantitative estimate of drug-likeness (QED) is 0.175. The summed E-state index contributed by atoms with van der Waals surface area (Å²) in [4.78, 5) is 30.3. The number of esters is 1. The lowest BCUT2D eigenvalue weighted by Gasteiger charge is -2.51. The molecule has 0 amide bonds. The van der Waals surface area contributed by atoms with Gasteiger partial charge in [-0.2, -0.15) is 0 Å². The van der Waals surface area contributed by atoms with Crippen molar-refractivity contribution in [2.75, 3.05) is 20.7 Å². The van der Waals surface area contributed by atoms with E-state index in [4.69, 9.17) is 31.7 Å². The third-order valence-electron chi connectivity index (χ3n) is 13.4. The second-order valence-corrected chi connectivity index (χ2v) is 18.0. The van der Waals surface area contributed by atoms with Crippen LogP contribution >= 0.6 is 0 Å². The summed E-state index contributed by atoms with van der Waals surface area (Å²) < 4.78 is 32.6. The molecule has 16 nitrogen and oxygen atoms in total. The number of rotatable bonds is 9. The molecule has 0 bridgehead atoms. The van der Waals surface area contributed by atoms with Crippen LogP contribution in [0.5, 0.6) is 0 Å². The van der Waals surface area contributed by atoms with Crippen LogP contribution in [0.1, 0.15) is 101 Å². The molecule has 57 heavy (non-hydrogen) atoms.